The van der Waals surface area contributed by atoms with Crippen molar-refractivity contribution in [3.05, 3.63) is 89.6 Å². The van der Waals surface area contributed by atoms with Crippen LogP contribution >= 0.6 is 0 Å². The van der Waals surface area contributed by atoms with Crippen molar-refractivity contribution in [3.63, 3.8) is 0 Å². The highest BCUT2D eigenvalue weighted by Gasteiger charge is 2.20. The molecule has 2 amide bonds. The summed E-state index contributed by atoms with van der Waals surface area (Å²) >= 11 is 0. The van der Waals surface area contributed by atoms with Gasteiger partial charge in [0.05, 0.1) is 22.0 Å². The maximum Gasteiger partial charge on any atom is 0.328 e. The molecule has 5 rings (SSSR count). The molecule has 10 nitrogen and oxygen atoms in total. The van der Waals surface area contributed by atoms with Crippen LogP contribution in [0, 0.1) is 20.8 Å². The van der Waals surface area contributed by atoms with Crippen LogP contribution in [0.15, 0.2) is 76.5 Å². The SMILES string of the molecule is Cc1ccc(S(=O)(=O)NC(=O)NCCc2ccc(-c3c(-c4ccon4)nc4c(C)nc(C)cn34)cc2)cc1. The summed E-state index contributed by atoms with van der Waals surface area (Å²) < 4.78 is 33.9. The highest BCUT2D eigenvalue weighted by Crippen LogP contribution is 2.33. The van der Waals surface area contributed by atoms with Crippen molar-refractivity contribution < 1.29 is 17.7 Å². The van der Waals surface area contributed by atoms with E-state index < -0.39 is 16.1 Å². The van der Waals surface area contributed by atoms with E-state index >= 15 is 0 Å². The van der Waals surface area contributed by atoms with Gasteiger partial charge < -0.3 is 9.84 Å². The van der Waals surface area contributed by atoms with Gasteiger partial charge in [-0.3, -0.25) is 9.38 Å². The zero-order chi connectivity index (χ0) is 26.9. The van der Waals surface area contributed by atoms with Gasteiger partial charge in [-0.25, -0.2) is 22.9 Å². The van der Waals surface area contributed by atoms with Gasteiger partial charge in [-0.15, -0.1) is 0 Å². The Kier molecular flexibility index (Phi) is 6.68. The number of aromatic nitrogens is 4. The van der Waals surface area contributed by atoms with Crippen molar-refractivity contribution in [2.75, 3.05) is 6.54 Å². The zero-order valence-electron chi connectivity index (χ0n) is 21.1. The molecule has 38 heavy (non-hydrogen) atoms. The summed E-state index contributed by atoms with van der Waals surface area (Å²) in [5, 5.41) is 6.69. The number of fused-ring (bicyclic) bond motifs is 1. The summed E-state index contributed by atoms with van der Waals surface area (Å²) in [5.74, 6) is 0. The molecule has 3 heterocycles. The Bertz CT molecular complexity index is 1710. The molecule has 0 bridgehead atoms. The van der Waals surface area contributed by atoms with Crippen LogP contribution in [0.2, 0.25) is 0 Å². The van der Waals surface area contributed by atoms with E-state index in [1.54, 1.807) is 18.2 Å². The lowest BCUT2D eigenvalue weighted by Gasteiger charge is -2.10. The second-order valence-corrected chi connectivity index (χ2v) is 10.7. The Balaban J connectivity index is 1.29. The topological polar surface area (TPSA) is 131 Å². The Hall–Kier alpha value is -4.51. The van der Waals surface area contributed by atoms with Gasteiger partial charge in [0.25, 0.3) is 10.0 Å². The fourth-order valence-electron chi connectivity index (χ4n) is 4.22. The summed E-state index contributed by atoms with van der Waals surface area (Å²) in [7, 11) is -3.94. The van der Waals surface area contributed by atoms with Crippen LogP contribution in [0.25, 0.3) is 28.3 Å². The lowest BCUT2D eigenvalue weighted by Crippen LogP contribution is -2.40. The van der Waals surface area contributed by atoms with Crippen LogP contribution in [0.1, 0.15) is 22.5 Å². The van der Waals surface area contributed by atoms with Crippen molar-refractivity contribution in [2.45, 2.75) is 32.1 Å². The number of urea groups is 1. The molecule has 2 aromatic carbocycles. The van der Waals surface area contributed by atoms with Crippen LogP contribution in [0.5, 0.6) is 0 Å². The Morgan fingerprint density at radius 2 is 1.71 bits per heavy atom. The number of amides is 2. The van der Waals surface area contributed by atoms with E-state index in [1.165, 1.54) is 18.4 Å². The molecule has 0 saturated carbocycles. The van der Waals surface area contributed by atoms with E-state index in [0.29, 0.717) is 17.8 Å². The van der Waals surface area contributed by atoms with E-state index in [1.807, 2.05) is 60.4 Å². The van der Waals surface area contributed by atoms with E-state index in [-0.39, 0.29) is 11.4 Å². The minimum Gasteiger partial charge on any atom is -0.364 e. The van der Waals surface area contributed by atoms with E-state index in [4.69, 9.17) is 9.51 Å². The maximum atomic E-state index is 12.4. The van der Waals surface area contributed by atoms with Gasteiger partial charge in [-0.05, 0) is 44.9 Å². The molecule has 3 aromatic heterocycles. The number of hydrogen-bond acceptors (Lipinski definition) is 7. The van der Waals surface area contributed by atoms with Crippen LogP contribution in [-0.4, -0.2) is 40.5 Å². The third-order valence-electron chi connectivity index (χ3n) is 6.06. The molecule has 0 aliphatic rings. The smallest absolute Gasteiger partial charge is 0.328 e. The van der Waals surface area contributed by atoms with Gasteiger partial charge in [0.15, 0.2) is 5.65 Å². The highest BCUT2D eigenvalue weighted by atomic mass is 32.2. The van der Waals surface area contributed by atoms with Gasteiger partial charge in [0.1, 0.15) is 17.7 Å². The van der Waals surface area contributed by atoms with Gasteiger partial charge in [-0.1, -0.05) is 47.1 Å². The summed E-state index contributed by atoms with van der Waals surface area (Å²) in [6, 6.07) is 15.2. The Morgan fingerprint density at radius 1 is 0.974 bits per heavy atom. The number of sulfonamides is 1. The van der Waals surface area contributed by atoms with Crippen molar-refractivity contribution in [1.29, 1.82) is 0 Å². The molecule has 2 N–H and O–H groups in total. The maximum absolute atomic E-state index is 12.4. The molecule has 0 unspecified atom stereocenters. The second kappa shape index (κ2) is 10.1. The lowest BCUT2D eigenvalue weighted by molar-refractivity contribution is 0.246. The fourth-order valence-corrected chi connectivity index (χ4v) is 5.15. The predicted octanol–water partition coefficient (Wildman–Crippen LogP) is 4.21. The van der Waals surface area contributed by atoms with E-state index in [0.717, 1.165) is 39.4 Å². The van der Waals surface area contributed by atoms with Gasteiger partial charge in [-0.2, -0.15) is 0 Å². The number of aryl methyl sites for hydroxylation is 3. The molecule has 0 aliphatic carbocycles. The summed E-state index contributed by atoms with van der Waals surface area (Å²) in [6.07, 6.45) is 3.97. The van der Waals surface area contributed by atoms with Crippen LogP contribution in [-0.2, 0) is 16.4 Å². The number of carbonyl (C=O) groups is 1. The molecule has 0 radical (unpaired) electrons. The van der Waals surface area contributed by atoms with Crippen molar-refractivity contribution >= 4 is 21.7 Å². The number of benzene rings is 2. The normalized spacial score (nSPS) is 11.6. The molecule has 11 heteroatoms. The first-order chi connectivity index (χ1) is 18.2. The highest BCUT2D eigenvalue weighted by molar-refractivity contribution is 7.90. The Labute approximate surface area is 219 Å². The van der Waals surface area contributed by atoms with Crippen LogP contribution in [0.4, 0.5) is 4.79 Å². The number of rotatable bonds is 7. The monoisotopic (exact) mass is 530 g/mol. The first-order valence-electron chi connectivity index (χ1n) is 11.9. The number of nitrogens with one attached hydrogen (secondary N) is 2. The van der Waals surface area contributed by atoms with Crippen molar-refractivity contribution in [2.24, 2.45) is 0 Å². The molecule has 0 spiro atoms. The van der Waals surface area contributed by atoms with E-state index in [9.17, 15) is 13.2 Å². The standard InChI is InChI=1S/C27H26N6O4S/c1-17-4-10-22(11-5-17)38(35,36)32-27(34)28-14-12-20-6-8-21(9-7-20)25-24(23-13-15-37-31-23)30-26-19(3)29-18(2)16-33(25)26/h4-11,13,15-16H,12,14H2,1-3H3,(H2,28,32,34). The Morgan fingerprint density at radius 3 is 2.39 bits per heavy atom. The average Bonchev–Trinajstić information content (AvgIpc) is 3.53. The third kappa shape index (κ3) is 5.14. The molecule has 0 atom stereocenters. The zero-order valence-corrected chi connectivity index (χ0v) is 21.9. The number of nitrogens with zero attached hydrogens (tertiary/aromatic N) is 4. The van der Waals surface area contributed by atoms with Crippen LogP contribution in [0.3, 0.4) is 0 Å². The van der Waals surface area contributed by atoms with Crippen LogP contribution < -0.4 is 10.0 Å². The second-order valence-electron chi connectivity index (χ2n) is 8.98. The molecule has 194 valence electrons. The number of carbonyl (C=O) groups excluding carboxylic acids is 1. The quantitative estimate of drug-likeness (QED) is 0.322. The minimum atomic E-state index is -3.94. The van der Waals surface area contributed by atoms with Gasteiger partial charge in [0.2, 0.25) is 0 Å². The first-order valence-corrected chi connectivity index (χ1v) is 13.4. The third-order valence-corrected chi connectivity index (χ3v) is 7.41. The lowest BCUT2D eigenvalue weighted by atomic mass is 10.0. The molecule has 5 aromatic rings. The minimum absolute atomic E-state index is 0.0346. The van der Waals surface area contributed by atoms with Gasteiger partial charge >= 0.3 is 6.03 Å². The predicted molar refractivity (Wildman–Crippen MR) is 142 cm³/mol. The fraction of sp³-hybridized carbons (Fsp3) is 0.185. The van der Waals surface area contributed by atoms with Crippen molar-refractivity contribution in [3.8, 4) is 22.6 Å². The first kappa shape index (κ1) is 25.2. The largest absolute Gasteiger partial charge is 0.364 e. The summed E-state index contributed by atoms with van der Waals surface area (Å²) in [5.41, 5.74) is 7.43. The summed E-state index contributed by atoms with van der Waals surface area (Å²) in [4.78, 5) is 21.6. The van der Waals surface area contributed by atoms with Gasteiger partial charge in [0, 0.05) is 24.4 Å². The molecular weight excluding hydrogens is 504 g/mol. The molecule has 0 aliphatic heterocycles. The summed E-state index contributed by atoms with van der Waals surface area (Å²) in [6.45, 7) is 5.97. The van der Waals surface area contributed by atoms with E-state index in [2.05, 4.69) is 15.5 Å². The van der Waals surface area contributed by atoms with Crippen molar-refractivity contribution in [1.82, 2.24) is 29.6 Å². The number of hydrogen-bond donors (Lipinski definition) is 2. The molecule has 0 saturated heterocycles. The number of imidazole rings is 1. The molecular formula is C27H26N6O4S. The molecule has 0 fully saturated rings. The average molecular weight is 531 g/mol.